The lowest BCUT2D eigenvalue weighted by Gasteiger charge is -2.10. The molecule has 0 saturated carbocycles. The van der Waals surface area contributed by atoms with Gasteiger partial charge >= 0.3 is 0 Å². The lowest BCUT2D eigenvalue weighted by molar-refractivity contribution is -0.121. The molecule has 4 aromatic heterocycles. The molecule has 0 radical (unpaired) electrons. The monoisotopic (exact) mass is 386 g/mol. The molecule has 6 heteroatoms. The molecule has 0 unspecified atom stereocenters. The number of benzene rings is 1. The number of carbonyl (C=O) groups excluding carboxylic acids is 1. The summed E-state index contributed by atoms with van der Waals surface area (Å²) < 4.78 is 4.04. The summed E-state index contributed by atoms with van der Waals surface area (Å²) in [6.45, 7) is 0.683. The molecule has 0 saturated heterocycles. The average Bonchev–Trinajstić information content (AvgIpc) is 3.44. The van der Waals surface area contributed by atoms with Gasteiger partial charge in [0, 0.05) is 23.3 Å². The van der Waals surface area contributed by atoms with E-state index in [1.54, 1.807) is 11.3 Å². The van der Waals surface area contributed by atoms with Crippen molar-refractivity contribution < 1.29 is 4.79 Å². The molecule has 0 spiro atoms. The molecule has 1 aromatic carbocycles. The van der Waals surface area contributed by atoms with Gasteiger partial charge in [-0.3, -0.25) is 4.79 Å². The molecule has 0 bridgehead atoms. The Labute approximate surface area is 165 Å². The van der Waals surface area contributed by atoms with Gasteiger partial charge in [0.05, 0.1) is 22.8 Å². The highest BCUT2D eigenvalue weighted by molar-refractivity contribution is 7.13. The van der Waals surface area contributed by atoms with E-state index in [2.05, 4.69) is 44.5 Å². The standard InChI is InChI=1S/C22H18N4OS/c27-22(23-13-17-14-25-10-4-3-9-21(25)24-17)15-26-18-7-2-1-6-16(18)12-19(26)20-8-5-11-28-20/h1-12,14H,13,15H2,(H,23,27). The SMILES string of the molecule is O=C(Cn1c(-c2cccs2)cc2ccccc21)NCc1cn2ccccc2n1. The van der Waals surface area contributed by atoms with Crippen LogP contribution in [0.3, 0.4) is 0 Å². The average molecular weight is 386 g/mol. The number of aromatic nitrogens is 3. The number of nitrogens with one attached hydrogen (secondary N) is 1. The van der Waals surface area contributed by atoms with Gasteiger partial charge in [0.25, 0.3) is 0 Å². The van der Waals surface area contributed by atoms with Gasteiger partial charge in [0.2, 0.25) is 5.91 Å². The Morgan fingerprint density at radius 1 is 1.07 bits per heavy atom. The molecule has 4 heterocycles. The zero-order chi connectivity index (χ0) is 18.9. The van der Waals surface area contributed by atoms with Crippen LogP contribution in [0.15, 0.2) is 78.4 Å². The second kappa shape index (κ2) is 6.98. The number of pyridine rings is 1. The molecule has 1 amide bonds. The predicted molar refractivity (Wildman–Crippen MR) is 112 cm³/mol. The van der Waals surface area contributed by atoms with Crippen molar-refractivity contribution >= 4 is 33.8 Å². The van der Waals surface area contributed by atoms with Crippen LogP contribution in [0.2, 0.25) is 0 Å². The van der Waals surface area contributed by atoms with Crippen LogP contribution in [0.25, 0.3) is 27.1 Å². The van der Waals surface area contributed by atoms with Crippen LogP contribution in [0.4, 0.5) is 0 Å². The highest BCUT2D eigenvalue weighted by Gasteiger charge is 2.14. The molecule has 0 aliphatic rings. The van der Waals surface area contributed by atoms with E-state index in [0.717, 1.165) is 32.8 Å². The van der Waals surface area contributed by atoms with E-state index in [0.29, 0.717) is 6.54 Å². The third kappa shape index (κ3) is 3.08. The first-order valence-electron chi connectivity index (χ1n) is 9.09. The highest BCUT2D eigenvalue weighted by atomic mass is 32.1. The van der Waals surface area contributed by atoms with Gasteiger partial charge in [0.15, 0.2) is 0 Å². The first-order chi connectivity index (χ1) is 13.8. The van der Waals surface area contributed by atoms with Crippen molar-refractivity contribution in [1.82, 2.24) is 19.3 Å². The summed E-state index contributed by atoms with van der Waals surface area (Å²) in [5, 5.41) is 6.20. The zero-order valence-electron chi connectivity index (χ0n) is 15.1. The number of rotatable bonds is 5. The molecular formula is C22H18N4OS. The van der Waals surface area contributed by atoms with Gasteiger partial charge < -0.3 is 14.3 Å². The number of carbonyl (C=O) groups is 1. The Balaban J connectivity index is 1.38. The molecule has 5 rings (SSSR count). The Bertz CT molecular complexity index is 1230. The van der Waals surface area contributed by atoms with Crippen LogP contribution in [-0.2, 0) is 17.9 Å². The maximum Gasteiger partial charge on any atom is 0.240 e. The lowest BCUT2D eigenvalue weighted by atomic mass is 10.2. The fraction of sp³-hybridized carbons (Fsp3) is 0.0909. The summed E-state index contributed by atoms with van der Waals surface area (Å²) >= 11 is 1.68. The molecule has 138 valence electrons. The second-order valence-electron chi connectivity index (χ2n) is 6.63. The predicted octanol–water partition coefficient (Wildman–Crippen LogP) is 4.33. The minimum absolute atomic E-state index is 0.0313. The number of fused-ring (bicyclic) bond motifs is 2. The van der Waals surface area contributed by atoms with Crippen LogP contribution < -0.4 is 5.32 Å². The van der Waals surface area contributed by atoms with E-state index < -0.39 is 0 Å². The number of hydrogen-bond acceptors (Lipinski definition) is 3. The first-order valence-corrected chi connectivity index (χ1v) is 9.97. The van der Waals surface area contributed by atoms with Crippen molar-refractivity contribution in [3.8, 4) is 10.6 Å². The maximum atomic E-state index is 12.7. The minimum atomic E-state index is -0.0313. The molecular weight excluding hydrogens is 368 g/mol. The quantitative estimate of drug-likeness (QED) is 0.489. The van der Waals surface area contributed by atoms with Gasteiger partial charge in [-0.05, 0) is 35.7 Å². The summed E-state index contributed by atoms with van der Waals surface area (Å²) in [7, 11) is 0. The number of amides is 1. The molecule has 0 fully saturated rings. The van der Waals surface area contributed by atoms with E-state index in [-0.39, 0.29) is 12.5 Å². The summed E-state index contributed by atoms with van der Waals surface area (Å²) in [6.07, 6.45) is 3.89. The van der Waals surface area contributed by atoms with Crippen molar-refractivity contribution in [2.24, 2.45) is 0 Å². The highest BCUT2D eigenvalue weighted by Crippen LogP contribution is 2.31. The topological polar surface area (TPSA) is 51.3 Å². The number of imidazole rings is 1. The van der Waals surface area contributed by atoms with Crippen LogP contribution in [0.5, 0.6) is 0 Å². The number of nitrogens with zero attached hydrogens (tertiary/aromatic N) is 3. The summed E-state index contributed by atoms with van der Waals surface area (Å²) in [5.41, 5.74) is 3.85. The van der Waals surface area contributed by atoms with Crippen molar-refractivity contribution in [1.29, 1.82) is 0 Å². The van der Waals surface area contributed by atoms with Crippen molar-refractivity contribution in [3.05, 3.63) is 84.1 Å². The van der Waals surface area contributed by atoms with Gasteiger partial charge in [-0.2, -0.15) is 0 Å². The van der Waals surface area contributed by atoms with Crippen LogP contribution >= 0.6 is 11.3 Å². The number of hydrogen-bond donors (Lipinski definition) is 1. The summed E-state index contributed by atoms with van der Waals surface area (Å²) in [4.78, 5) is 18.4. The Kier molecular flexibility index (Phi) is 4.18. The fourth-order valence-corrected chi connectivity index (χ4v) is 4.22. The number of thiophene rings is 1. The van der Waals surface area contributed by atoms with E-state index in [9.17, 15) is 4.79 Å². The van der Waals surface area contributed by atoms with Gasteiger partial charge in [-0.25, -0.2) is 4.98 Å². The minimum Gasteiger partial charge on any atom is -0.349 e. The van der Waals surface area contributed by atoms with Crippen LogP contribution in [0, 0.1) is 0 Å². The van der Waals surface area contributed by atoms with Crippen LogP contribution in [-0.4, -0.2) is 19.9 Å². The van der Waals surface area contributed by atoms with E-state index >= 15 is 0 Å². The summed E-state index contributed by atoms with van der Waals surface area (Å²) in [6, 6.07) is 20.3. The normalized spacial score (nSPS) is 11.3. The Morgan fingerprint density at radius 3 is 2.82 bits per heavy atom. The molecule has 5 aromatic rings. The van der Waals surface area contributed by atoms with Crippen molar-refractivity contribution in [2.75, 3.05) is 0 Å². The largest absolute Gasteiger partial charge is 0.349 e. The Morgan fingerprint density at radius 2 is 1.96 bits per heavy atom. The maximum absolute atomic E-state index is 12.7. The Hall–Kier alpha value is -3.38. The second-order valence-corrected chi connectivity index (χ2v) is 7.57. The summed E-state index contributed by atoms with van der Waals surface area (Å²) in [5.74, 6) is -0.0313. The lowest BCUT2D eigenvalue weighted by Crippen LogP contribution is -2.27. The van der Waals surface area contributed by atoms with Gasteiger partial charge in [-0.1, -0.05) is 30.3 Å². The van der Waals surface area contributed by atoms with Gasteiger partial charge in [0.1, 0.15) is 12.2 Å². The van der Waals surface area contributed by atoms with E-state index in [4.69, 9.17) is 0 Å². The van der Waals surface area contributed by atoms with Gasteiger partial charge in [-0.15, -0.1) is 11.3 Å². The molecule has 1 N–H and O–H groups in total. The first kappa shape index (κ1) is 16.8. The molecule has 0 aliphatic heterocycles. The molecule has 28 heavy (non-hydrogen) atoms. The molecule has 0 aliphatic carbocycles. The van der Waals surface area contributed by atoms with E-state index in [1.165, 1.54) is 0 Å². The molecule has 0 atom stereocenters. The number of para-hydroxylation sites is 1. The van der Waals surface area contributed by atoms with Crippen LogP contribution in [0.1, 0.15) is 5.69 Å². The van der Waals surface area contributed by atoms with Crippen molar-refractivity contribution in [3.63, 3.8) is 0 Å². The zero-order valence-corrected chi connectivity index (χ0v) is 15.9. The third-order valence-electron chi connectivity index (χ3n) is 4.77. The fourth-order valence-electron chi connectivity index (χ4n) is 3.47. The third-order valence-corrected chi connectivity index (χ3v) is 5.66. The van der Waals surface area contributed by atoms with E-state index in [1.807, 2.05) is 53.2 Å². The smallest absolute Gasteiger partial charge is 0.240 e. The van der Waals surface area contributed by atoms with Crippen molar-refractivity contribution in [2.45, 2.75) is 13.1 Å². The molecule has 5 nitrogen and oxygen atoms in total.